The number of halogens is 3. The van der Waals surface area contributed by atoms with Crippen LogP contribution in [0.15, 0.2) is 36.5 Å². The van der Waals surface area contributed by atoms with E-state index >= 15 is 0 Å². The summed E-state index contributed by atoms with van der Waals surface area (Å²) >= 11 is 0. The van der Waals surface area contributed by atoms with Crippen molar-refractivity contribution in [2.75, 3.05) is 45.7 Å². The Balaban J connectivity index is 1.47. The molecule has 2 N–H and O–H groups in total. The minimum atomic E-state index is -1.53. The number of benzene rings is 2. The second-order valence-corrected chi connectivity index (χ2v) is 10.8. The minimum absolute atomic E-state index is 0.0151. The van der Waals surface area contributed by atoms with E-state index < -0.39 is 34.9 Å². The maximum Gasteiger partial charge on any atom is 0.303 e. The molecule has 0 unspecified atom stereocenters. The highest BCUT2D eigenvalue weighted by molar-refractivity contribution is 5.88. The Morgan fingerprint density at radius 2 is 1.85 bits per heavy atom. The fraction of sp³-hybridized carbons (Fsp3) is 0.419. The zero-order chi connectivity index (χ0) is 29.7. The van der Waals surface area contributed by atoms with Crippen molar-refractivity contribution in [1.82, 2.24) is 9.88 Å². The standard InChI is InChI=1S/C31H34F3N3O4/c1-36(2)26-19-35-25-7-6-21(41-3)17-22(25)29(26)27(38)8-9-31(18-28(39)40)10-13-37(14-11-31)12-4-5-20-15-23(32)30(34)24(33)16-20/h6-7,15-17,19,27,38H,8-14,18H2,1-3H3,(H,39,40)/t27-/m1/s1. The Morgan fingerprint density at radius 3 is 2.46 bits per heavy atom. The first-order valence-corrected chi connectivity index (χ1v) is 13.4. The van der Waals surface area contributed by atoms with E-state index in [1.54, 1.807) is 13.3 Å². The van der Waals surface area contributed by atoms with Gasteiger partial charge in [-0.15, -0.1) is 0 Å². The molecule has 1 atom stereocenters. The SMILES string of the molecule is COc1ccc2ncc(N(C)C)c([C@H](O)CCC3(CC(=O)O)CCN(CC#Cc4cc(F)c(F)c(F)c4)CC3)c2c1. The van der Waals surface area contributed by atoms with Crippen LogP contribution >= 0.6 is 0 Å². The molecule has 218 valence electrons. The van der Waals surface area contributed by atoms with Crippen LogP contribution in [0.25, 0.3) is 10.9 Å². The number of hydrogen-bond donors (Lipinski definition) is 2. The van der Waals surface area contributed by atoms with Gasteiger partial charge in [-0.1, -0.05) is 11.8 Å². The molecule has 1 aliphatic rings. The van der Waals surface area contributed by atoms with Crippen molar-refractivity contribution in [3.05, 3.63) is 65.1 Å². The summed E-state index contributed by atoms with van der Waals surface area (Å²) in [4.78, 5) is 20.3. The average Bonchev–Trinajstić information content (AvgIpc) is 2.94. The highest BCUT2D eigenvalue weighted by Crippen LogP contribution is 2.43. The van der Waals surface area contributed by atoms with Gasteiger partial charge >= 0.3 is 5.97 Å². The van der Waals surface area contributed by atoms with Gasteiger partial charge in [0.05, 0.1) is 43.6 Å². The number of anilines is 1. The zero-order valence-electron chi connectivity index (χ0n) is 23.4. The van der Waals surface area contributed by atoms with Gasteiger partial charge in [-0.25, -0.2) is 13.2 Å². The lowest BCUT2D eigenvalue weighted by molar-refractivity contribution is -0.141. The van der Waals surface area contributed by atoms with Crippen LogP contribution in [0.1, 0.15) is 49.3 Å². The largest absolute Gasteiger partial charge is 0.497 e. The number of aliphatic hydroxyl groups excluding tert-OH is 1. The van der Waals surface area contributed by atoms with E-state index in [0.29, 0.717) is 51.1 Å². The van der Waals surface area contributed by atoms with E-state index in [9.17, 15) is 28.2 Å². The van der Waals surface area contributed by atoms with Gasteiger partial charge in [0.15, 0.2) is 17.5 Å². The first-order chi connectivity index (χ1) is 19.5. The summed E-state index contributed by atoms with van der Waals surface area (Å²) in [6, 6.07) is 7.23. The highest BCUT2D eigenvalue weighted by Gasteiger charge is 2.37. The number of aliphatic hydroxyl groups is 1. The van der Waals surface area contributed by atoms with E-state index in [2.05, 4.69) is 16.8 Å². The van der Waals surface area contributed by atoms with Crippen LogP contribution in [0.4, 0.5) is 18.9 Å². The Bertz CT molecular complexity index is 1450. The number of carbonyl (C=O) groups is 1. The van der Waals surface area contributed by atoms with E-state index in [-0.39, 0.29) is 12.0 Å². The average molecular weight is 570 g/mol. The van der Waals surface area contributed by atoms with Gasteiger partial charge in [-0.05, 0) is 74.5 Å². The molecule has 10 heteroatoms. The Morgan fingerprint density at radius 1 is 1.17 bits per heavy atom. The summed E-state index contributed by atoms with van der Waals surface area (Å²) in [5.74, 6) is 1.20. The molecule has 0 bridgehead atoms. The fourth-order valence-corrected chi connectivity index (χ4v) is 5.50. The Labute approximate surface area is 237 Å². The van der Waals surface area contributed by atoms with Gasteiger partial charge in [-0.3, -0.25) is 14.7 Å². The van der Waals surface area contributed by atoms with Gasteiger partial charge in [0.25, 0.3) is 0 Å². The van der Waals surface area contributed by atoms with Crippen molar-refractivity contribution in [1.29, 1.82) is 0 Å². The number of piperidine rings is 1. The number of aromatic nitrogens is 1. The van der Waals surface area contributed by atoms with E-state index in [4.69, 9.17) is 4.74 Å². The lowest BCUT2D eigenvalue weighted by Gasteiger charge is -2.41. The molecule has 1 fully saturated rings. The lowest BCUT2D eigenvalue weighted by atomic mass is 9.71. The monoisotopic (exact) mass is 569 g/mol. The molecule has 1 aromatic heterocycles. The van der Waals surface area contributed by atoms with Crippen molar-refractivity contribution >= 4 is 22.6 Å². The fourth-order valence-electron chi connectivity index (χ4n) is 5.50. The number of rotatable bonds is 9. The zero-order valence-corrected chi connectivity index (χ0v) is 23.4. The predicted octanol–water partition coefficient (Wildman–Crippen LogP) is 5.15. The molecule has 0 amide bonds. The number of aliphatic carboxylic acids is 1. The van der Waals surface area contributed by atoms with Crippen LogP contribution in [0, 0.1) is 34.7 Å². The molecule has 0 spiro atoms. The van der Waals surface area contributed by atoms with Crippen molar-refractivity contribution in [2.24, 2.45) is 5.41 Å². The summed E-state index contributed by atoms with van der Waals surface area (Å²) in [6.45, 7) is 1.49. The van der Waals surface area contributed by atoms with E-state index in [1.807, 2.05) is 42.1 Å². The third-order valence-electron chi connectivity index (χ3n) is 7.82. The third-order valence-corrected chi connectivity index (χ3v) is 7.82. The van der Waals surface area contributed by atoms with Crippen LogP contribution in [-0.2, 0) is 4.79 Å². The first-order valence-electron chi connectivity index (χ1n) is 13.4. The number of pyridine rings is 1. The number of ether oxygens (including phenoxy) is 1. The summed E-state index contributed by atoms with van der Waals surface area (Å²) in [6.07, 6.45) is 2.93. The molecule has 1 saturated heterocycles. The van der Waals surface area contributed by atoms with Crippen LogP contribution in [-0.4, -0.2) is 66.9 Å². The van der Waals surface area contributed by atoms with Crippen LogP contribution < -0.4 is 9.64 Å². The van der Waals surface area contributed by atoms with Gasteiger partial charge in [0, 0.05) is 30.6 Å². The van der Waals surface area contributed by atoms with Crippen LogP contribution in [0.3, 0.4) is 0 Å². The second-order valence-electron chi connectivity index (χ2n) is 10.8. The van der Waals surface area contributed by atoms with Crippen molar-refractivity contribution in [3.63, 3.8) is 0 Å². The number of nitrogens with zero attached hydrogens (tertiary/aromatic N) is 3. The second kappa shape index (κ2) is 12.8. The maximum absolute atomic E-state index is 13.5. The minimum Gasteiger partial charge on any atom is -0.497 e. The normalized spacial score (nSPS) is 15.7. The summed E-state index contributed by atoms with van der Waals surface area (Å²) in [5.41, 5.74) is 1.78. The van der Waals surface area contributed by atoms with Crippen molar-refractivity contribution < 1.29 is 32.9 Å². The van der Waals surface area contributed by atoms with Crippen LogP contribution in [0.2, 0.25) is 0 Å². The number of carboxylic acids is 1. The molecular formula is C31H34F3N3O4. The lowest BCUT2D eigenvalue weighted by Crippen LogP contribution is -2.41. The molecule has 7 nitrogen and oxygen atoms in total. The maximum atomic E-state index is 13.5. The number of carboxylic acid groups (broad SMARTS) is 1. The highest BCUT2D eigenvalue weighted by atomic mass is 19.2. The molecule has 2 heterocycles. The molecule has 3 aromatic rings. The van der Waals surface area contributed by atoms with E-state index in [0.717, 1.165) is 34.3 Å². The Kier molecular flexibility index (Phi) is 9.41. The van der Waals surface area contributed by atoms with E-state index in [1.165, 1.54) is 0 Å². The first kappa shape index (κ1) is 30.2. The topological polar surface area (TPSA) is 86.1 Å². The summed E-state index contributed by atoms with van der Waals surface area (Å²) in [5, 5.41) is 22.0. The third kappa shape index (κ3) is 7.10. The molecule has 4 rings (SSSR count). The molecule has 0 saturated carbocycles. The Hall–Kier alpha value is -3.81. The van der Waals surface area contributed by atoms with Gasteiger partial charge in [0.2, 0.25) is 0 Å². The van der Waals surface area contributed by atoms with Gasteiger partial charge in [0.1, 0.15) is 5.75 Å². The van der Waals surface area contributed by atoms with Gasteiger partial charge < -0.3 is 19.8 Å². The van der Waals surface area contributed by atoms with Crippen molar-refractivity contribution in [2.45, 2.75) is 38.2 Å². The molecule has 2 aromatic carbocycles. The smallest absolute Gasteiger partial charge is 0.303 e. The molecule has 1 aliphatic heterocycles. The molecule has 41 heavy (non-hydrogen) atoms. The van der Waals surface area contributed by atoms with Gasteiger partial charge in [-0.2, -0.15) is 0 Å². The molecular weight excluding hydrogens is 535 g/mol. The summed E-state index contributed by atoms with van der Waals surface area (Å²) in [7, 11) is 5.34. The van der Waals surface area contributed by atoms with Crippen LogP contribution in [0.5, 0.6) is 5.75 Å². The number of likely N-dealkylation sites (tertiary alicyclic amines) is 1. The molecule has 0 aliphatic carbocycles. The number of methoxy groups -OCH3 is 1. The predicted molar refractivity (Wildman–Crippen MR) is 150 cm³/mol. The van der Waals surface area contributed by atoms with Crippen molar-refractivity contribution in [3.8, 4) is 17.6 Å². The number of hydrogen-bond acceptors (Lipinski definition) is 6. The molecule has 0 radical (unpaired) electrons. The summed E-state index contributed by atoms with van der Waals surface area (Å²) < 4.78 is 45.5. The number of fused-ring (bicyclic) bond motifs is 1. The quantitative estimate of drug-likeness (QED) is 0.272.